The van der Waals surface area contributed by atoms with E-state index in [2.05, 4.69) is 25.6 Å². The van der Waals surface area contributed by atoms with Crippen LogP contribution in [0.5, 0.6) is 0 Å². The molecule has 1 unspecified atom stereocenters. The molecule has 33 heavy (non-hydrogen) atoms. The maximum absolute atomic E-state index is 14.1. The Morgan fingerprint density at radius 2 is 1.97 bits per heavy atom. The van der Waals surface area contributed by atoms with Crippen LogP contribution < -0.4 is 15.5 Å². The monoisotopic (exact) mass is 567 g/mol. The summed E-state index contributed by atoms with van der Waals surface area (Å²) in [6.07, 6.45) is 6.19. The Morgan fingerprint density at radius 1 is 1.18 bits per heavy atom. The van der Waals surface area contributed by atoms with Gasteiger partial charge in [0.1, 0.15) is 29.0 Å². The number of hydrogen-bond donors (Lipinski definition) is 2. The molecule has 3 heterocycles. The van der Waals surface area contributed by atoms with Gasteiger partial charge >= 0.3 is 0 Å². The lowest BCUT2D eigenvalue weighted by atomic mass is 10.2. The quantitative estimate of drug-likeness (QED) is 0.270. The topological polar surface area (TPSA) is 70.4 Å². The molecule has 0 radical (unpaired) electrons. The molecule has 0 aliphatic carbocycles. The molecular formula is C23H28F2IN7. The molecule has 10 heteroatoms. The lowest BCUT2D eigenvalue weighted by Crippen LogP contribution is -2.44. The molecule has 0 saturated carbocycles. The molecule has 1 fully saturated rings. The number of para-hydroxylation sites is 1. The predicted molar refractivity (Wildman–Crippen MR) is 136 cm³/mol. The van der Waals surface area contributed by atoms with Crippen LogP contribution in [0.2, 0.25) is 0 Å². The first-order valence-corrected chi connectivity index (χ1v) is 10.7. The molecule has 3 aromatic rings. The first-order chi connectivity index (χ1) is 15.5. The summed E-state index contributed by atoms with van der Waals surface area (Å²) in [6.45, 7) is 6.18. The highest BCUT2D eigenvalue weighted by atomic mass is 127. The van der Waals surface area contributed by atoms with Crippen LogP contribution in [0.1, 0.15) is 24.7 Å². The average Bonchev–Trinajstić information content (AvgIpc) is 3.41. The number of aromatic nitrogens is 3. The smallest absolute Gasteiger partial charge is 0.191 e. The lowest BCUT2D eigenvalue weighted by molar-refractivity contribution is 0.576. The molecule has 176 valence electrons. The largest absolute Gasteiger partial charge is 0.365 e. The maximum atomic E-state index is 14.1. The van der Waals surface area contributed by atoms with Crippen molar-refractivity contribution < 1.29 is 8.78 Å². The normalized spacial score (nSPS) is 15.9. The number of guanidine groups is 1. The maximum Gasteiger partial charge on any atom is 0.191 e. The summed E-state index contributed by atoms with van der Waals surface area (Å²) in [7, 11) is 0. The molecule has 0 amide bonds. The third-order valence-corrected chi connectivity index (χ3v) is 5.43. The van der Waals surface area contributed by atoms with E-state index in [1.54, 1.807) is 17.3 Å². The van der Waals surface area contributed by atoms with E-state index in [0.717, 1.165) is 23.6 Å². The van der Waals surface area contributed by atoms with Gasteiger partial charge < -0.3 is 15.5 Å². The second-order valence-corrected chi connectivity index (χ2v) is 7.71. The molecule has 1 aliphatic rings. The van der Waals surface area contributed by atoms with E-state index in [-0.39, 0.29) is 35.7 Å². The van der Waals surface area contributed by atoms with Crippen LogP contribution in [0.4, 0.5) is 14.5 Å². The molecule has 1 aliphatic heterocycles. The molecule has 2 aromatic heterocycles. The van der Waals surface area contributed by atoms with Crippen molar-refractivity contribution in [2.45, 2.75) is 32.9 Å². The number of benzene rings is 1. The summed E-state index contributed by atoms with van der Waals surface area (Å²) in [4.78, 5) is 15.1. The van der Waals surface area contributed by atoms with Gasteiger partial charge in [-0.2, -0.15) is 0 Å². The fourth-order valence-electron chi connectivity index (χ4n) is 3.83. The number of halogens is 3. The van der Waals surface area contributed by atoms with Crippen molar-refractivity contribution in [3.05, 3.63) is 71.9 Å². The highest BCUT2D eigenvalue weighted by Gasteiger charge is 2.27. The van der Waals surface area contributed by atoms with Crippen LogP contribution in [0.25, 0.3) is 5.82 Å². The van der Waals surface area contributed by atoms with Gasteiger partial charge in [-0.15, -0.1) is 24.0 Å². The number of nitrogens with one attached hydrogen (secondary N) is 2. The zero-order valence-corrected chi connectivity index (χ0v) is 21.0. The Balaban J connectivity index is 0.00000306. The van der Waals surface area contributed by atoms with Gasteiger partial charge in [0.15, 0.2) is 5.96 Å². The molecule has 1 aromatic carbocycles. The number of anilines is 1. The summed E-state index contributed by atoms with van der Waals surface area (Å²) >= 11 is 0. The summed E-state index contributed by atoms with van der Waals surface area (Å²) in [6, 6.07) is 7.94. The van der Waals surface area contributed by atoms with Crippen molar-refractivity contribution in [2.75, 3.05) is 24.5 Å². The Hall–Kier alpha value is -2.76. The minimum Gasteiger partial charge on any atom is -0.365 e. The number of aliphatic imine (C=N–C) groups is 1. The zero-order chi connectivity index (χ0) is 22.5. The first kappa shape index (κ1) is 24.9. The number of pyridine rings is 1. The van der Waals surface area contributed by atoms with Gasteiger partial charge in [-0.1, -0.05) is 12.1 Å². The molecule has 0 bridgehead atoms. The van der Waals surface area contributed by atoms with Gasteiger partial charge in [0.05, 0.1) is 6.54 Å². The van der Waals surface area contributed by atoms with Crippen LogP contribution in [-0.4, -0.2) is 46.2 Å². The van der Waals surface area contributed by atoms with Gasteiger partial charge in [0.25, 0.3) is 0 Å². The third-order valence-electron chi connectivity index (χ3n) is 5.43. The molecule has 0 spiro atoms. The van der Waals surface area contributed by atoms with E-state index >= 15 is 0 Å². The number of hydrogen-bond acceptors (Lipinski definition) is 4. The Labute approximate surface area is 209 Å². The number of nitrogens with zero attached hydrogens (tertiary/aromatic N) is 5. The van der Waals surface area contributed by atoms with E-state index in [9.17, 15) is 8.78 Å². The second kappa shape index (κ2) is 11.4. The number of imidazole rings is 1. The Morgan fingerprint density at radius 3 is 2.61 bits per heavy atom. The standard InChI is InChI=1S/C23H27F2N7.HI/c1-3-26-23(29-14-17-7-8-21(28-13-17)32-12-10-27-16(32)2)30-18-9-11-31(15-18)22-19(24)5-4-6-20(22)25;/h4-8,10,12-13,18H,3,9,11,14-15H2,1-2H3,(H2,26,29,30);1H. The number of rotatable bonds is 6. The Kier molecular flexibility index (Phi) is 8.59. The zero-order valence-electron chi connectivity index (χ0n) is 18.6. The van der Waals surface area contributed by atoms with Crippen molar-refractivity contribution in [3.8, 4) is 5.82 Å². The van der Waals surface area contributed by atoms with Gasteiger partial charge in [-0.3, -0.25) is 4.57 Å². The van der Waals surface area contributed by atoms with Crippen LogP contribution in [0, 0.1) is 18.6 Å². The van der Waals surface area contributed by atoms with Crippen molar-refractivity contribution in [2.24, 2.45) is 4.99 Å². The fourth-order valence-corrected chi connectivity index (χ4v) is 3.83. The van der Waals surface area contributed by atoms with Gasteiger partial charge in [0, 0.05) is 44.3 Å². The molecule has 4 rings (SSSR count). The van der Waals surface area contributed by atoms with Crippen LogP contribution in [0.15, 0.2) is 53.9 Å². The summed E-state index contributed by atoms with van der Waals surface area (Å²) in [5, 5.41) is 6.62. The third kappa shape index (κ3) is 5.98. The summed E-state index contributed by atoms with van der Waals surface area (Å²) in [5.74, 6) is 1.29. The SMILES string of the molecule is CCNC(=NCc1ccc(-n2ccnc2C)nc1)NC1CCN(c2c(F)cccc2F)C1.I. The van der Waals surface area contributed by atoms with Crippen molar-refractivity contribution in [1.82, 2.24) is 25.2 Å². The van der Waals surface area contributed by atoms with Crippen LogP contribution in [0.3, 0.4) is 0 Å². The number of aryl methyl sites for hydroxylation is 1. The van der Waals surface area contributed by atoms with Gasteiger partial charge in [-0.05, 0) is 44.0 Å². The van der Waals surface area contributed by atoms with Crippen molar-refractivity contribution >= 4 is 35.6 Å². The van der Waals surface area contributed by atoms with Crippen molar-refractivity contribution in [3.63, 3.8) is 0 Å². The van der Waals surface area contributed by atoms with Gasteiger partial charge in [0.2, 0.25) is 0 Å². The van der Waals surface area contributed by atoms with Crippen LogP contribution >= 0.6 is 24.0 Å². The van der Waals surface area contributed by atoms with E-state index in [1.807, 2.05) is 36.7 Å². The molecule has 1 saturated heterocycles. The average molecular weight is 567 g/mol. The van der Waals surface area contributed by atoms with E-state index in [4.69, 9.17) is 0 Å². The minimum atomic E-state index is -0.534. The molecular weight excluding hydrogens is 539 g/mol. The van der Waals surface area contributed by atoms with E-state index in [0.29, 0.717) is 32.1 Å². The Bertz CT molecular complexity index is 1060. The molecule has 7 nitrogen and oxygen atoms in total. The summed E-state index contributed by atoms with van der Waals surface area (Å²) < 4.78 is 30.1. The minimum absolute atomic E-state index is 0. The molecule has 2 N–H and O–H groups in total. The lowest BCUT2D eigenvalue weighted by Gasteiger charge is -2.21. The van der Waals surface area contributed by atoms with Gasteiger partial charge in [-0.25, -0.2) is 23.7 Å². The van der Waals surface area contributed by atoms with E-state index in [1.165, 1.54) is 18.2 Å². The highest BCUT2D eigenvalue weighted by Crippen LogP contribution is 2.26. The first-order valence-electron chi connectivity index (χ1n) is 10.7. The van der Waals surface area contributed by atoms with Crippen LogP contribution in [-0.2, 0) is 6.54 Å². The van der Waals surface area contributed by atoms with E-state index < -0.39 is 11.6 Å². The fraction of sp³-hybridized carbons (Fsp3) is 0.348. The molecule has 1 atom stereocenters. The second-order valence-electron chi connectivity index (χ2n) is 7.71. The summed E-state index contributed by atoms with van der Waals surface area (Å²) in [5.41, 5.74) is 1.02. The predicted octanol–water partition coefficient (Wildman–Crippen LogP) is 3.81. The highest BCUT2D eigenvalue weighted by molar-refractivity contribution is 14.0. The van der Waals surface area contributed by atoms with Crippen molar-refractivity contribution in [1.29, 1.82) is 0 Å².